The summed E-state index contributed by atoms with van der Waals surface area (Å²) in [4.78, 5) is 12.3. The van der Waals surface area contributed by atoms with E-state index in [9.17, 15) is 4.79 Å². The summed E-state index contributed by atoms with van der Waals surface area (Å²) < 4.78 is 7.41. The van der Waals surface area contributed by atoms with Crippen LogP contribution in [0.4, 0.5) is 0 Å². The summed E-state index contributed by atoms with van der Waals surface area (Å²) in [5, 5.41) is 1.68. The van der Waals surface area contributed by atoms with Gasteiger partial charge in [0.15, 0.2) is 0 Å². The number of fused-ring (bicyclic) bond motifs is 3. The van der Waals surface area contributed by atoms with E-state index in [1.165, 1.54) is 0 Å². The molecule has 0 aliphatic heterocycles. The van der Waals surface area contributed by atoms with Crippen LogP contribution in [0.15, 0.2) is 33.5 Å². The van der Waals surface area contributed by atoms with Crippen LogP contribution in [0.5, 0.6) is 0 Å². The number of aromatic nitrogens is 1. The number of rotatable bonds is 0. The number of furan rings is 1. The van der Waals surface area contributed by atoms with Gasteiger partial charge in [0.25, 0.3) is 5.56 Å². The molecule has 0 fully saturated rings. The minimum atomic E-state index is 0.00745. The molecule has 0 amide bonds. The Morgan fingerprint density at radius 3 is 2.65 bits per heavy atom. The van der Waals surface area contributed by atoms with Gasteiger partial charge >= 0.3 is 0 Å². The van der Waals surface area contributed by atoms with Crippen molar-refractivity contribution >= 4 is 21.9 Å². The Hall–Kier alpha value is -2.03. The van der Waals surface area contributed by atoms with Gasteiger partial charge in [-0.3, -0.25) is 4.79 Å². The van der Waals surface area contributed by atoms with Crippen LogP contribution in [0, 0.1) is 13.8 Å². The molecule has 0 aliphatic rings. The van der Waals surface area contributed by atoms with Crippen molar-refractivity contribution in [1.29, 1.82) is 0 Å². The van der Waals surface area contributed by atoms with Gasteiger partial charge in [0.1, 0.15) is 11.3 Å². The zero-order valence-electron chi connectivity index (χ0n) is 10.1. The molecule has 0 unspecified atom stereocenters. The lowest BCUT2D eigenvalue weighted by molar-refractivity contribution is 0.577. The maximum absolute atomic E-state index is 12.3. The van der Waals surface area contributed by atoms with Gasteiger partial charge in [-0.15, -0.1) is 0 Å². The molecule has 0 saturated heterocycles. The first-order valence-corrected chi connectivity index (χ1v) is 5.58. The van der Waals surface area contributed by atoms with E-state index in [1.54, 1.807) is 11.6 Å². The maximum atomic E-state index is 12.3. The first-order valence-electron chi connectivity index (χ1n) is 5.58. The fourth-order valence-electron chi connectivity index (χ4n) is 2.31. The van der Waals surface area contributed by atoms with Crippen LogP contribution in [-0.2, 0) is 7.05 Å². The van der Waals surface area contributed by atoms with Gasteiger partial charge in [0.2, 0.25) is 0 Å². The molecule has 3 heteroatoms. The number of nitrogens with zero attached hydrogens (tertiary/aromatic N) is 1. The molecule has 0 spiro atoms. The lowest BCUT2D eigenvalue weighted by Crippen LogP contribution is -2.17. The van der Waals surface area contributed by atoms with Crippen LogP contribution in [0.2, 0.25) is 0 Å². The lowest BCUT2D eigenvalue weighted by Gasteiger charge is -2.04. The molecule has 2 heterocycles. The second-order valence-corrected chi connectivity index (χ2v) is 4.37. The van der Waals surface area contributed by atoms with Crippen molar-refractivity contribution < 1.29 is 4.42 Å². The highest BCUT2D eigenvalue weighted by molar-refractivity contribution is 6.03. The fraction of sp³-hybridized carbons (Fsp3) is 0.214. The topological polar surface area (TPSA) is 35.1 Å². The molecule has 0 bridgehead atoms. The van der Waals surface area contributed by atoms with E-state index in [0.29, 0.717) is 11.0 Å². The van der Waals surface area contributed by atoms with E-state index < -0.39 is 0 Å². The Morgan fingerprint density at radius 1 is 1.18 bits per heavy atom. The van der Waals surface area contributed by atoms with Crippen molar-refractivity contribution in [3.8, 4) is 0 Å². The Balaban J connectivity index is 2.75. The number of benzene rings is 1. The SMILES string of the molecule is Cc1oc2c(c1C)c(=O)n(C)c1ccccc21. The number of hydrogen-bond donors (Lipinski definition) is 0. The highest BCUT2D eigenvalue weighted by atomic mass is 16.3. The molecule has 0 atom stereocenters. The van der Waals surface area contributed by atoms with Crippen LogP contribution < -0.4 is 5.56 Å². The van der Waals surface area contributed by atoms with Gasteiger partial charge in [-0.25, -0.2) is 0 Å². The molecule has 3 rings (SSSR count). The molecular weight excluding hydrogens is 214 g/mol. The van der Waals surface area contributed by atoms with Crippen molar-refractivity contribution in [2.24, 2.45) is 7.05 Å². The molecule has 0 aliphatic carbocycles. The van der Waals surface area contributed by atoms with Gasteiger partial charge < -0.3 is 8.98 Å². The van der Waals surface area contributed by atoms with Crippen molar-refractivity contribution in [3.63, 3.8) is 0 Å². The predicted octanol–water partition coefficient (Wildman–Crippen LogP) is 2.90. The summed E-state index contributed by atoms with van der Waals surface area (Å²) in [6, 6.07) is 7.80. The number of pyridine rings is 1. The second-order valence-electron chi connectivity index (χ2n) is 4.37. The van der Waals surface area contributed by atoms with Crippen LogP contribution in [-0.4, -0.2) is 4.57 Å². The lowest BCUT2D eigenvalue weighted by atomic mass is 10.1. The molecule has 17 heavy (non-hydrogen) atoms. The molecule has 0 radical (unpaired) electrons. The normalized spacial score (nSPS) is 11.5. The molecule has 1 aromatic carbocycles. The summed E-state index contributed by atoms with van der Waals surface area (Å²) in [5.74, 6) is 0.813. The van der Waals surface area contributed by atoms with E-state index in [4.69, 9.17) is 4.42 Å². The average molecular weight is 227 g/mol. The Morgan fingerprint density at radius 2 is 1.88 bits per heavy atom. The number of aryl methyl sites for hydroxylation is 3. The van der Waals surface area contributed by atoms with E-state index in [0.717, 1.165) is 22.2 Å². The maximum Gasteiger partial charge on any atom is 0.262 e. The van der Waals surface area contributed by atoms with Crippen LogP contribution in [0.3, 0.4) is 0 Å². The standard InChI is InChI=1S/C14H13NO2/c1-8-9(2)17-13-10-6-4-5-7-11(10)15(3)14(16)12(8)13/h4-7H,1-3H3. The molecule has 86 valence electrons. The van der Waals surface area contributed by atoms with E-state index >= 15 is 0 Å². The summed E-state index contributed by atoms with van der Waals surface area (Å²) in [7, 11) is 1.80. The van der Waals surface area contributed by atoms with Crippen LogP contribution in [0.25, 0.3) is 21.9 Å². The zero-order valence-corrected chi connectivity index (χ0v) is 10.1. The summed E-state index contributed by atoms with van der Waals surface area (Å²) in [5.41, 5.74) is 2.55. The fourth-order valence-corrected chi connectivity index (χ4v) is 2.31. The predicted molar refractivity (Wildman–Crippen MR) is 68.4 cm³/mol. The van der Waals surface area contributed by atoms with E-state index in [2.05, 4.69) is 0 Å². The van der Waals surface area contributed by atoms with Crippen LogP contribution in [0.1, 0.15) is 11.3 Å². The Bertz CT molecular complexity index is 793. The third-order valence-electron chi connectivity index (χ3n) is 3.41. The minimum absolute atomic E-state index is 0.00745. The second kappa shape index (κ2) is 3.23. The zero-order chi connectivity index (χ0) is 12.2. The average Bonchev–Trinajstić information content (AvgIpc) is 2.63. The third kappa shape index (κ3) is 1.19. The van der Waals surface area contributed by atoms with E-state index in [1.807, 2.05) is 38.1 Å². The largest absolute Gasteiger partial charge is 0.460 e. The Kier molecular flexibility index (Phi) is 1.93. The highest BCUT2D eigenvalue weighted by Gasteiger charge is 2.15. The first-order chi connectivity index (χ1) is 8.11. The van der Waals surface area contributed by atoms with Gasteiger partial charge in [0.05, 0.1) is 10.9 Å². The molecular formula is C14H13NO2. The summed E-state index contributed by atoms with van der Waals surface area (Å²) >= 11 is 0. The van der Waals surface area contributed by atoms with Crippen molar-refractivity contribution in [1.82, 2.24) is 4.57 Å². The van der Waals surface area contributed by atoms with Crippen LogP contribution >= 0.6 is 0 Å². The van der Waals surface area contributed by atoms with Crippen molar-refractivity contribution in [2.45, 2.75) is 13.8 Å². The van der Waals surface area contributed by atoms with Gasteiger partial charge in [0, 0.05) is 18.0 Å². The minimum Gasteiger partial charge on any atom is -0.460 e. The van der Waals surface area contributed by atoms with Gasteiger partial charge in [-0.2, -0.15) is 0 Å². The summed E-state index contributed by atoms with van der Waals surface area (Å²) in [6.45, 7) is 3.82. The van der Waals surface area contributed by atoms with E-state index in [-0.39, 0.29) is 5.56 Å². The van der Waals surface area contributed by atoms with Gasteiger partial charge in [-0.05, 0) is 26.0 Å². The van der Waals surface area contributed by atoms with Crippen molar-refractivity contribution in [2.75, 3.05) is 0 Å². The monoisotopic (exact) mass is 227 g/mol. The van der Waals surface area contributed by atoms with Gasteiger partial charge in [-0.1, -0.05) is 12.1 Å². The quantitative estimate of drug-likeness (QED) is 0.592. The smallest absolute Gasteiger partial charge is 0.262 e. The molecule has 0 N–H and O–H groups in total. The summed E-state index contributed by atoms with van der Waals surface area (Å²) in [6.07, 6.45) is 0. The molecule has 2 aromatic heterocycles. The van der Waals surface area contributed by atoms with Crippen molar-refractivity contribution in [3.05, 3.63) is 45.9 Å². The molecule has 3 nitrogen and oxygen atoms in total. The highest BCUT2D eigenvalue weighted by Crippen LogP contribution is 2.28. The third-order valence-corrected chi connectivity index (χ3v) is 3.41. The molecule has 0 saturated carbocycles. The number of hydrogen-bond acceptors (Lipinski definition) is 2. The Labute approximate surface area is 98.3 Å². The first kappa shape index (κ1) is 10.1. The molecule has 3 aromatic rings. The number of para-hydroxylation sites is 1.